The van der Waals surface area contributed by atoms with Gasteiger partial charge in [0.05, 0.1) is 39.6 Å². The summed E-state index contributed by atoms with van der Waals surface area (Å²) in [6.45, 7) is -5.03. The van der Waals surface area contributed by atoms with Crippen LogP contribution in [0.5, 0.6) is 0 Å². The number of aliphatic hydroxyl groups is 12. The first-order valence-corrected chi connectivity index (χ1v) is 25.6. The molecule has 0 bridgehead atoms. The number of hydrogen-bond donors (Lipinski definition) is 12. The summed E-state index contributed by atoms with van der Waals surface area (Å²) in [5.41, 5.74) is -5.42. The maximum Gasteiger partial charge on any atom is 0.184 e. The normalized spacial score (nSPS) is 16.2. The molecule has 0 aromatic carbocycles. The van der Waals surface area contributed by atoms with Gasteiger partial charge in [-0.3, -0.25) is 28.8 Å². The topological polar surface area (TPSA) is 354 Å². The standard InChI is InChI=1S/C50H90O19/c51-31-37(57)43(63)49(44(64)38(58)32-52,45(65)39(59)33-53)27-23-19-15-11-7-3-1-5-9-13-17-21-25-29-69-30-26-22-18-14-10-6-2-4-8-12-16-20-24-28-50(46(66)40(60)34-54,47(67)41(61)35-55)48(68)42(62)36-56/h37-42,51-62H,1-36H2. The van der Waals surface area contributed by atoms with Crippen LogP contribution in [-0.2, 0) is 33.5 Å². The highest BCUT2D eigenvalue weighted by molar-refractivity contribution is 6.28. The summed E-state index contributed by atoms with van der Waals surface area (Å²) in [7, 11) is 0. The number of Topliss-reactive ketones (excluding diaryl/α,β-unsaturated/α-hetero) is 6. The van der Waals surface area contributed by atoms with Crippen LogP contribution in [0.15, 0.2) is 0 Å². The van der Waals surface area contributed by atoms with Crippen LogP contribution in [0, 0.1) is 10.8 Å². The van der Waals surface area contributed by atoms with Gasteiger partial charge in [0.1, 0.15) is 36.6 Å². The van der Waals surface area contributed by atoms with E-state index in [1.807, 2.05) is 0 Å². The fraction of sp³-hybridized carbons (Fsp3) is 0.880. The molecule has 0 aliphatic heterocycles. The fourth-order valence-corrected chi connectivity index (χ4v) is 8.85. The van der Waals surface area contributed by atoms with E-state index >= 15 is 0 Å². The van der Waals surface area contributed by atoms with Crippen LogP contribution < -0.4 is 0 Å². The maximum absolute atomic E-state index is 13.0. The van der Waals surface area contributed by atoms with Gasteiger partial charge in [-0.1, -0.05) is 154 Å². The molecular formula is C50H90O19. The van der Waals surface area contributed by atoms with E-state index < -0.39 is 135 Å². The molecule has 404 valence electrons. The monoisotopic (exact) mass is 995 g/mol. The molecule has 0 aliphatic carbocycles. The molecule has 0 aromatic rings. The lowest BCUT2D eigenvalue weighted by molar-refractivity contribution is -0.165. The van der Waals surface area contributed by atoms with Crippen LogP contribution in [0.2, 0.25) is 0 Å². The van der Waals surface area contributed by atoms with Gasteiger partial charge in [-0.25, -0.2) is 0 Å². The van der Waals surface area contributed by atoms with E-state index in [1.165, 1.54) is 38.5 Å². The quantitative estimate of drug-likeness (QED) is 0.0303. The lowest BCUT2D eigenvalue weighted by Crippen LogP contribution is -2.58. The van der Waals surface area contributed by atoms with E-state index in [9.17, 15) is 90.0 Å². The molecule has 0 saturated carbocycles. The van der Waals surface area contributed by atoms with E-state index in [1.54, 1.807) is 0 Å². The second-order valence-corrected chi connectivity index (χ2v) is 18.5. The van der Waals surface area contributed by atoms with Gasteiger partial charge in [-0.15, -0.1) is 0 Å². The largest absolute Gasteiger partial charge is 0.393 e. The Kier molecular flexibility index (Phi) is 38.6. The van der Waals surface area contributed by atoms with Gasteiger partial charge in [0, 0.05) is 13.2 Å². The fourth-order valence-electron chi connectivity index (χ4n) is 8.85. The van der Waals surface area contributed by atoms with Crippen molar-refractivity contribution in [2.24, 2.45) is 10.8 Å². The highest BCUT2D eigenvalue weighted by atomic mass is 16.5. The lowest BCUT2D eigenvalue weighted by atomic mass is 9.67. The predicted octanol–water partition coefficient (Wildman–Crippen LogP) is 1.43. The molecule has 0 rings (SSSR count). The summed E-state index contributed by atoms with van der Waals surface area (Å²) >= 11 is 0. The Morgan fingerprint density at radius 3 is 0.565 bits per heavy atom. The van der Waals surface area contributed by atoms with E-state index in [-0.39, 0.29) is 12.8 Å². The van der Waals surface area contributed by atoms with Crippen molar-refractivity contribution in [1.82, 2.24) is 0 Å². The zero-order valence-electron chi connectivity index (χ0n) is 41.1. The number of carbonyl (C=O) groups excluding carboxylic acids is 6. The summed E-state index contributed by atoms with van der Waals surface area (Å²) in [5, 5.41) is 116. The van der Waals surface area contributed by atoms with Crippen molar-refractivity contribution in [3.63, 3.8) is 0 Å². The average molecular weight is 995 g/mol. The van der Waals surface area contributed by atoms with Crippen molar-refractivity contribution < 1.29 is 94.8 Å². The zero-order chi connectivity index (χ0) is 52.1. The molecule has 0 heterocycles. The number of rotatable bonds is 50. The van der Waals surface area contributed by atoms with Crippen LogP contribution in [0.1, 0.15) is 180 Å². The number of ether oxygens (including phenoxy) is 1. The van der Waals surface area contributed by atoms with Crippen LogP contribution in [0.3, 0.4) is 0 Å². The molecule has 6 atom stereocenters. The van der Waals surface area contributed by atoms with Gasteiger partial charge in [0.2, 0.25) is 0 Å². The molecule has 0 radical (unpaired) electrons. The van der Waals surface area contributed by atoms with E-state index in [2.05, 4.69) is 0 Å². The van der Waals surface area contributed by atoms with Gasteiger partial charge >= 0.3 is 0 Å². The second-order valence-electron chi connectivity index (χ2n) is 18.5. The first kappa shape index (κ1) is 66.5. The van der Waals surface area contributed by atoms with Crippen molar-refractivity contribution in [3.05, 3.63) is 0 Å². The molecule has 0 saturated heterocycles. The number of hydrogen-bond acceptors (Lipinski definition) is 19. The van der Waals surface area contributed by atoms with Crippen molar-refractivity contribution in [2.45, 2.75) is 216 Å². The van der Waals surface area contributed by atoms with E-state index in [4.69, 9.17) is 4.74 Å². The number of unbranched alkanes of at least 4 members (excludes halogenated alkanes) is 24. The van der Waals surface area contributed by atoms with Crippen molar-refractivity contribution >= 4 is 34.7 Å². The molecule has 69 heavy (non-hydrogen) atoms. The highest BCUT2D eigenvalue weighted by Crippen LogP contribution is 2.35. The Morgan fingerprint density at radius 2 is 0.406 bits per heavy atom. The number of ketones is 6. The van der Waals surface area contributed by atoms with Gasteiger partial charge in [-0.2, -0.15) is 0 Å². The highest BCUT2D eigenvalue weighted by Gasteiger charge is 2.57. The van der Waals surface area contributed by atoms with Crippen LogP contribution in [0.25, 0.3) is 0 Å². The van der Waals surface area contributed by atoms with Crippen molar-refractivity contribution in [2.75, 3.05) is 52.9 Å². The first-order valence-electron chi connectivity index (χ1n) is 25.6. The minimum atomic E-state index is -2.71. The third-order valence-corrected chi connectivity index (χ3v) is 13.1. The Hall–Kier alpha value is -2.50. The van der Waals surface area contributed by atoms with Crippen LogP contribution >= 0.6 is 0 Å². The smallest absolute Gasteiger partial charge is 0.184 e. The summed E-state index contributed by atoms with van der Waals surface area (Å²) < 4.78 is 5.82. The van der Waals surface area contributed by atoms with Crippen molar-refractivity contribution in [3.8, 4) is 0 Å². The van der Waals surface area contributed by atoms with Gasteiger partial charge in [0.15, 0.2) is 45.5 Å². The molecule has 6 unspecified atom stereocenters. The van der Waals surface area contributed by atoms with Gasteiger partial charge in [0.25, 0.3) is 0 Å². The number of aliphatic hydroxyl groups excluding tert-OH is 12. The number of carbonyl (C=O) groups is 6. The minimum absolute atomic E-state index is 0.160. The molecule has 0 spiro atoms. The van der Waals surface area contributed by atoms with E-state index in [0.29, 0.717) is 12.8 Å². The molecule has 0 aliphatic rings. The zero-order valence-corrected chi connectivity index (χ0v) is 41.1. The maximum atomic E-state index is 13.0. The Morgan fingerprint density at radius 1 is 0.261 bits per heavy atom. The SMILES string of the molecule is O=C(C(O)CO)C(CCCCCCCCCCCCCCCOCCCCCCCCCCCCCCCC(C(=O)C(O)CO)(C(=O)C(O)CO)C(=O)C(O)CO)(C(=O)C(O)CO)C(=O)C(O)CO. The Labute approximate surface area is 408 Å². The molecule has 0 fully saturated rings. The molecule has 12 N–H and O–H groups in total. The first-order chi connectivity index (χ1) is 33.1. The molecule has 0 amide bonds. The molecule has 19 heteroatoms. The molecule has 0 aromatic heterocycles. The molecule has 19 nitrogen and oxygen atoms in total. The predicted molar refractivity (Wildman–Crippen MR) is 254 cm³/mol. The van der Waals surface area contributed by atoms with E-state index in [0.717, 1.165) is 116 Å². The molecular weight excluding hydrogens is 905 g/mol. The third kappa shape index (κ3) is 23.7. The summed E-state index contributed by atoms with van der Waals surface area (Å²) in [6.07, 6.45) is 10.9. The third-order valence-electron chi connectivity index (χ3n) is 13.1. The van der Waals surface area contributed by atoms with Crippen LogP contribution in [0.4, 0.5) is 0 Å². The minimum Gasteiger partial charge on any atom is -0.393 e. The second kappa shape index (κ2) is 40.0. The van der Waals surface area contributed by atoms with Crippen LogP contribution in [-0.4, -0.2) is 185 Å². The lowest BCUT2D eigenvalue weighted by Gasteiger charge is -2.33. The summed E-state index contributed by atoms with van der Waals surface area (Å²) in [5.74, 6) is -8.32. The summed E-state index contributed by atoms with van der Waals surface area (Å²) in [6, 6.07) is 0. The average Bonchev–Trinajstić information content (AvgIpc) is 3.37. The van der Waals surface area contributed by atoms with Gasteiger partial charge < -0.3 is 66.0 Å². The van der Waals surface area contributed by atoms with Gasteiger partial charge in [-0.05, 0) is 25.7 Å². The Bertz CT molecular complexity index is 1200. The van der Waals surface area contributed by atoms with Crippen molar-refractivity contribution in [1.29, 1.82) is 0 Å². The summed E-state index contributed by atoms with van der Waals surface area (Å²) in [4.78, 5) is 78.1. The Balaban J connectivity index is 4.02.